The van der Waals surface area contributed by atoms with Crippen molar-refractivity contribution in [3.8, 4) is 0 Å². The molecule has 0 bridgehead atoms. The second-order valence-electron chi connectivity index (χ2n) is 4.38. The third-order valence-corrected chi connectivity index (χ3v) is 3.12. The Hall–Kier alpha value is -1.42. The van der Waals surface area contributed by atoms with Crippen molar-refractivity contribution in [1.82, 2.24) is 15.3 Å². The first-order valence-corrected chi connectivity index (χ1v) is 5.68. The molecule has 1 aliphatic rings. The number of hydrogen-bond acceptors (Lipinski definition) is 2. The molecule has 4 heteroatoms. The Bertz CT molecular complexity index is 500. The molecular weight excluding hydrogens is 205 g/mol. The lowest BCUT2D eigenvalue weighted by Crippen LogP contribution is -2.23. The van der Waals surface area contributed by atoms with Gasteiger partial charge in [0.2, 0.25) is 0 Å². The lowest BCUT2D eigenvalue weighted by Gasteiger charge is -2.07. The highest BCUT2D eigenvalue weighted by Gasteiger charge is 2.15. The van der Waals surface area contributed by atoms with Crippen LogP contribution in [0, 0.1) is 5.82 Å². The molecule has 0 amide bonds. The van der Waals surface area contributed by atoms with Crippen molar-refractivity contribution in [2.24, 2.45) is 0 Å². The SMILES string of the molecule is Fc1cnc2[nH]c(CC3CCCN3)cc2c1. The van der Waals surface area contributed by atoms with Crippen molar-refractivity contribution >= 4 is 11.0 Å². The number of halogens is 1. The summed E-state index contributed by atoms with van der Waals surface area (Å²) in [5, 5.41) is 4.30. The molecule has 84 valence electrons. The second kappa shape index (κ2) is 3.87. The summed E-state index contributed by atoms with van der Waals surface area (Å²) in [6.45, 7) is 1.11. The summed E-state index contributed by atoms with van der Waals surface area (Å²) in [5.41, 5.74) is 1.90. The smallest absolute Gasteiger partial charge is 0.142 e. The molecule has 2 N–H and O–H groups in total. The zero-order chi connectivity index (χ0) is 11.0. The number of rotatable bonds is 2. The van der Waals surface area contributed by atoms with Gasteiger partial charge in [0.1, 0.15) is 11.5 Å². The monoisotopic (exact) mass is 219 g/mol. The van der Waals surface area contributed by atoms with E-state index in [4.69, 9.17) is 0 Å². The number of hydrogen-bond donors (Lipinski definition) is 2. The molecule has 0 saturated carbocycles. The molecule has 2 aromatic heterocycles. The van der Waals surface area contributed by atoms with Crippen molar-refractivity contribution in [3.63, 3.8) is 0 Å². The Balaban J connectivity index is 1.86. The van der Waals surface area contributed by atoms with E-state index in [1.54, 1.807) is 0 Å². The average Bonchev–Trinajstić information content (AvgIpc) is 2.86. The van der Waals surface area contributed by atoms with Gasteiger partial charge in [0.25, 0.3) is 0 Å². The highest BCUT2D eigenvalue weighted by molar-refractivity contribution is 5.76. The van der Waals surface area contributed by atoms with Crippen molar-refractivity contribution in [1.29, 1.82) is 0 Å². The van der Waals surface area contributed by atoms with Gasteiger partial charge in [-0.15, -0.1) is 0 Å². The van der Waals surface area contributed by atoms with Gasteiger partial charge in [0.15, 0.2) is 0 Å². The molecule has 16 heavy (non-hydrogen) atoms. The summed E-state index contributed by atoms with van der Waals surface area (Å²) in [6.07, 6.45) is 4.68. The van der Waals surface area contributed by atoms with Crippen molar-refractivity contribution in [3.05, 3.63) is 29.8 Å². The van der Waals surface area contributed by atoms with Crippen LogP contribution in [0.25, 0.3) is 11.0 Å². The molecule has 1 atom stereocenters. The van der Waals surface area contributed by atoms with Gasteiger partial charge in [-0.25, -0.2) is 9.37 Å². The van der Waals surface area contributed by atoms with Crippen LogP contribution in [-0.4, -0.2) is 22.6 Å². The standard InChI is InChI=1S/C12H14FN3/c13-9-4-8-5-11(16-12(8)15-7-9)6-10-2-1-3-14-10/h4-5,7,10,14H,1-3,6H2,(H,15,16). The van der Waals surface area contributed by atoms with Crippen LogP contribution < -0.4 is 5.32 Å². The Labute approximate surface area is 93.1 Å². The molecule has 2 aromatic rings. The fourth-order valence-electron chi connectivity index (χ4n) is 2.35. The van der Waals surface area contributed by atoms with E-state index < -0.39 is 0 Å². The van der Waals surface area contributed by atoms with Crippen molar-refractivity contribution in [2.75, 3.05) is 6.54 Å². The molecule has 3 rings (SSSR count). The number of nitrogens with one attached hydrogen (secondary N) is 2. The molecule has 1 fully saturated rings. The Kier molecular flexibility index (Phi) is 2.36. The van der Waals surface area contributed by atoms with Crippen LogP contribution >= 0.6 is 0 Å². The maximum Gasteiger partial charge on any atom is 0.142 e. The van der Waals surface area contributed by atoms with Crippen molar-refractivity contribution < 1.29 is 4.39 Å². The maximum absolute atomic E-state index is 13.0. The predicted molar refractivity (Wildman–Crippen MR) is 60.8 cm³/mol. The molecule has 1 aliphatic heterocycles. The van der Waals surface area contributed by atoms with E-state index in [-0.39, 0.29) is 5.82 Å². The molecular formula is C12H14FN3. The molecule has 1 saturated heterocycles. The maximum atomic E-state index is 13.0. The number of nitrogens with zero attached hydrogens (tertiary/aromatic N) is 1. The number of H-pyrrole nitrogens is 1. The number of fused-ring (bicyclic) bond motifs is 1. The first kappa shape index (κ1) is 9.78. The van der Waals surface area contributed by atoms with Gasteiger partial charge in [-0.2, -0.15) is 0 Å². The van der Waals surface area contributed by atoms with Gasteiger partial charge in [-0.3, -0.25) is 0 Å². The Morgan fingerprint density at radius 1 is 1.44 bits per heavy atom. The first-order chi connectivity index (χ1) is 7.81. The minimum atomic E-state index is -0.281. The summed E-state index contributed by atoms with van der Waals surface area (Å²) < 4.78 is 13.0. The summed E-state index contributed by atoms with van der Waals surface area (Å²) >= 11 is 0. The van der Waals surface area contributed by atoms with Gasteiger partial charge in [-0.1, -0.05) is 0 Å². The molecule has 0 aliphatic carbocycles. The minimum Gasteiger partial charge on any atom is -0.343 e. The minimum absolute atomic E-state index is 0.281. The second-order valence-corrected chi connectivity index (χ2v) is 4.38. The van der Waals surface area contributed by atoms with E-state index in [0.717, 1.165) is 29.7 Å². The van der Waals surface area contributed by atoms with Crippen LogP contribution in [0.3, 0.4) is 0 Å². The predicted octanol–water partition coefficient (Wildman–Crippen LogP) is 2.00. The largest absolute Gasteiger partial charge is 0.343 e. The van der Waals surface area contributed by atoms with E-state index >= 15 is 0 Å². The number of aromatic amines is 1. The average molecular weight is 219 g/mol. The number of pyridine rings is 1. The third kappa shape index (κ3) is 1.80. The quantitative estimate of drug-likeness (QED) is 0.811. The summed E-state index contributed by atoms with van der Waals surface area (Å²) in [4.78, 5) is 7.26. The molecule has 1 unspecified atom stereocenters. The first-order valence-electron chi connectivity index (χ1n) is 5.68. The van der Waals surface area contributed by atoms with Gasteiger partial charge >= 0.3 is 0 Å². The molecule has 0 aromatic carbocycles. The van der Waals surface area contributed by atoms with Crippen molar-refractivity contribution in [2.45, 2.75) is 25.3 Å². The highest BCUT2D eigenvalue weighted by Crippen LogP contribution is 2.17. The lowest BCUT2D eigenvalue weighted by molar-refractivity contribution is 0.597. The van der Waals surface area contributed by atoms with Crippen LogP contribution in [0.1, 0.15) is 18.5 Å². The van der Waals surface area contributed by atoms with Crippen LogP contribution in [0.5, 0.6) is 0 Å². The van der Waals surface area contributed by atoms with Crippen LogP contribution in [0.2, 0.25) is 0 Å². The molecule has 0 radical (unpaired) electrons. The van der Waals surface area contributed by atoms with E-state index in [2.05, 4.69) is 15.3 Å². The van der Waals surface area contributed by atoms with Crippen LogP contribution in [0.15, 0.2) is 18.3 Å². The van der Waals surface area contributed by atoms with E-state index in [0.29, 0.717) is 6.04 Å². The number of aromatic nitrogens is 2. The van der Waals surface area contributed by atoms with Gasteiger partial charge in [0.05, 0.1) is 6.20 Å². The van der Waals surface area contributed by atoms with E-state index in [9.17, 15) is 4.39 Å². The summed E-state index contributed by atoms with van der Waals surface area (Å²) in [6, 6.07) is 4.06. The lowest BCUT2D eigenvalue weighted by atomic mass is 10.1. The van der Waals surface area contributed by atoms with Gasteiger partial charge < -0.3 is 10.3 Å². The van der Waals surface area contributed by atoms with E-state index in [1.165, 1.54) is 25.1 Å². The third-order valence-electron chi connectivity index (χ3n) is 3.12. The molecule has 3 nitrogen and oxygen atoms in total. The fraction of sp³-hybridized carbons (Fsp3) is 0.417. The Morgan fingerprint density at radius 2 is 2.38 bits per heavy atom. The van der Waals surface area contributed by atoms with Crippen LogP contribution in [0.4, 0.5) is 4.39 Å². The Morgan fingerprint density at radius 3 is 3.19 bits per heavy atom. The van der Waals surface area contributed by atoms with Gasteiger partial charge in [0, 0.05) is 23.5 Å². The van der Waals surface area contributed by atoms with Crippen LogP contribution in [-0.2, 0) is 6.42 Å². The fourth-order valence-corrected chi connectivity index (χ4v) is 2.35. The summed E-state index contributed by atoms with van der Waals surface area (Å²) in [7, 11) is 0. The van der Waals surface area contributed by atoms with Gasteiger partial charge in [-0.05, 0) is 31.5 Å². The molecule has 0 spiro atoms. The highest BCUT2D eigenvalue weighted by atomic mass is 19.1. The summed E-state index contributed by atoms with van der Waals surface area (Å²) in [5.74, 6) is -0.281. The zero-order valence-electron chi connectivity index (χ0n) is 8.96. The topological polar surface area (TPSA) is 40.7 Å². The molecule has 3 heterocycles. The van der Waals surface area contributed by atoms with E-state index in [1.807, 2.05) is 6.07 Å². The zero-order valence-corrected chi connectivity index (χ0v) is 8.96. The normalized spacial score (nSPS) is 20.7.